The number of benzene rings is 1. The van der Waals surface area contributed by atoms with Crippen molar-refractivity contribution in [3.05, 3.63) is 18.2 Å². The maximum Gasteiger partial charge on any atom is 0.247 e. The van der Waals surface area contributed by atoms with Gasteiger partial charge in [0.25, 0.3) is 0 Å². The standard InChI is InChI=1S/C14H16N2O4/c1-8(2)13-14(18)15-6-12(17)16(13)9-3-4-10-11(5-9)20-7-19-10/h3-5,8,13H,6-7H2,1-2H3,(H,15,18). The fraction of sp³-hybridized carbons (Fsp3) is 0.429. The number of hydrogen-bond acceptors (Lipinski definition) is 4. The normalized spacial score (nSPS) is 21.4. The average Bonchev–Trinajstić information content (AvgIpc) is 2.87. The number of rotatable bonds is 2. The molecule has 6 heteroatoms. The number of ether oxygens (including phenoxy) is 2. The Kier molecular flexibility index (Phi) is 3.00. The molecule has 20 heavy (non-hydrogen) atoms. The van der Waals surface area contributed by atoms with Gasteiger partial charge in [0.1, 0.15) is 6.04 Å². The van der Waals surface area contributed by atoms with Crippen molar-refractivity contribution in [3.8, 4) is 11.5 Å². The maximum absolute atomic E-state index is 12.2. The van der Waals surface area contributed by atoms with Crippen molar-refractivity contribution >= 4 is 17.5 Å². The third kappa shape index (κ3) is 1.97. The van der Waals surface area contributed by atoms with E-state index in [4.69, 9.17) is 9.47 Å². The molecule has 1 saturated heterocycles. The molecule has 3 rings (SSSR count). The molecule has 0 aliphatic carbocycles. The van der Waals surface area contributed by atoms with Crippen LogP contribution in [0.25, 0.3) is 0 Å². The predicted octanol–water partition coefficient (Wildman–Crippen LogP) is 0.903. The second kappa shape index (κ2) is 4.70. The number of hydrogen-bond donors (Lipinski definition) is 1. The number of anilines is 1. The summed E-state index contributed by atoms with van der Waals surface area (Å²) in [6.07, 6.45) is 0. The van der Waals surface area contributed by atoms with Gasteiger partial charge < -0.3 is 14.8 Å². The van der Waals surface area contributed by atoms with Crippen LogP contribution in [-0.2, 0) is 9.59 Å². The van der Waals surface area contributed by atoms with Gasteiger partial charge in [-0.2, -0.15) is 0 Å². The van der Waals surface area contributed by atoms with E-state index in [1.165, 1.54) is 0 Å². The van der Waals surface area contributed by atoms with E-state index >= 15 is 0 Å². The second-order valence-corrected chi connectivity index (χ2v) is 5.21. The number of piperazine rings is 1. The summed E-state index contributed by atoms with van der Waals surface area (Å²) in [4.78, 5) is 25.8. The van der Waals surface area contributed by atoms with Crippen molar-refractivity contribution in [1.82, 2.24) is 5.32 Å². The van der Waals surface area contributed by atoms with E-state index < -0.39 is 6.04 Å². The van der Waals surface area contributed by atoms with Crippen LogP contribution < -0.4 is 19.7 Å². The molecule has 2 heterocycles. The van der Waals surface area contributed by atoms with Gasteiger partial charge in [0.15, 0.2) is 11.5 Å². The van der Waals surface area contributed by atoms with Gasteiger partial charge in [-0.05, 0) is 18.1 Å². The summed E-state index contributed by atoms with van der Waals surface area (Å²) in [5.41, 5.74) is 0.660. The summed E-state index contributed by atoms with van der Waals surface area (Å²) in [5, 5.41) is 2.63. The largest absolute Gasteiger partial charge is 0.454 e. The highest BCUT2D eigenvalue weighted by molar-refractivity contribution is 6.06. The number of carbonyl (C=O) groups excluding carboxylic acids is 2. The fourth-order valence-corrected chi connectivity index (χ4v) is 2.57. The molecule has 2 aliphatic rings. The van der Waals surface area contributed by atoms with Gasteiger partial charge in [0.2, 0.25) is 18.6 Å². The summed E-state index contributed by atoms with van der Waals surface area (Å²) >= 11 is 0. The van der Waals surface area contributed by atoms with Crippen LogP contribution in [0.2, 0.25) is 0 Å². The van der Waals surface area contributed by atoms with Gasteiger partial charge in [-0.3, -0.25) is 14.5 Å². The Morgan fingerprint density at radius 1 is 1.25 bits per heavy atom. The molecule has 1 N–H and O–H groups in total. The van der Waals surface area contributed by atoms with E-state index in [-0.39, 0.29) is 31.1 Å². The maximum atomic E-state index is 12.2. The third-order valence-electron chi connectivity index (χ3n) is 3.50. The Morgan fingerprint density at radius 2 is 2.00 bits per heavy atom. The highest BCUT2D eigenvalue weighted by Crippen LogP contribution is 2.36. The summed E-state index contributed by atoms with van der Waals surface area (Å²) in [7, 11) is 0. The number of fused-ring (bicyclic) bond motifs is 1. The lowest BCUT2D eigenvalue weighted by atomic mass is 9.98. The minimum atomic E-state index is -0.503. The first-order valence-electron chi connectivity index (χ1n) is 6.57. The SMILES string of the molecule is CC(C)C1C(=O)NCC(=O)N1c1ccc2c(c1)OCO2. The lowest BCUT2D eigenvalue weighted by Crippen LogP contribution is -2.60. The van der Waals surface area contributed by atoms with E-state index in [1.807, 2.05) is 13.8 Å². The number of nitrogens with zero attached hydrogens (tertiary/aromatic N) is 1. The predicted molar refractivity (Wildman–Crippen MR) is 71.7 cm³/mol. The molecule has 0 aromatic heterocycles. The molecule has 2 amide bonds. The number of amides is 2. The first-order chi connectivity index (χ1) is 9.58. The monoisotopic (exact) mass is 276 g/mol. The lowest BCUT2D eigenvalue weighted by molar-refractivity contribution is -0.131. The van der Waals surface area contributed by atoms with Crippen LogP contribution in [0.5, 0.6) is 11.5 Å². The van der Waals surface area contributed by atoms with E-state index in [2.05, 4.69) is 5.32 Å². The number of carbonyl (C=O) groups is 2. The van der Waals surface area contributed by atoms with Gasteiger partial charge in [-0.1, -0.05) is 13.8 Å². The zero-order valence-electron chi connectivity index (χ0n) is 11.4. The van der Waals surface area contributed by atoms with E-state index in [9.17, 15) is 9.59 Å². The first kappa shape index (κ1) is 12.8. The molecular formula is C14H16N2O4. The second-order valence-electron chi connectivity index (χ2n) is 5.21. The Hall–Kier alpha value is -2.24. The lowest BCUT2D eigenvalue weighted by Gasteiger charge is -2.37. The molecule has 106 valence electrons. The number of nitrogens with one attached hydrogen (secondary N) is 1. The van der Waals surface area contributed by atoms with Crippen molar-refractivity contribution in [2.45, 2.75) is 19.9 Å². The first-order valence-corrected chi connectivity index (χ1v) is 6.57. The molecule has 1 aromatic rings. The topological polar surface area (TPSA) is 67.9 Å². The van der Waals surface area contributed by atoms with Crippen molar-refractivity contribution in [2.75, 3.05) is 18.2 Å². The molecule has 0 radical (unpaired) electrons. The summed E-state index contributed by atoms with van der Waals surface area (Å²) in [6, 6.07) is 4.78. The van der Waals surface area contributed by atoms with E-state index in [1.54, 1.807) is 23.1 Å². The zero-order chi connectivity index (χ0) is 14.3. The van der Waals surface area contributed by atoms with Crippen LogP contribution in [0.15, 0.2) is 18.2 Å². The summed E-state index contributed by atoms with van der Waals surface area (Å²) in [5.74, 6) is 1.02. The molecule has 0 saturated carbocycles. The van der Waals surface area contributed by atoms with Gasteiger partial charge in [-0.25, -0.2) is 0 Å². The summed E-state index contributed by atoms with van der Waals surface area (Å²) < 4.78 is 10.6. The molecule has 0 spiro atoms. The smallest absolute Gasteiger partial charge is 0.247 e. The summed E-state index contributed by atoms with van der Waals surface area (Å²) in [6.45, 7) is 4.04. The van der Waals surface area contributed by atoms with E-state index in [0.717, 1.165) is 0 Å². The van der Waals surface area contributed by atoms with Crippen molar-refractivity contribution in [3.63, 3.8) is 0 Å². The highest BCUT2D eigenvalue weighted by atomic mass is 16.7. The average molecular weight is 276 g/mol. The molecule has 2 aliphatic heterocycles. The molecule has 0 bridgehead atoms. The van der Waals surface area contributed by atoms with Gasteiger partial charge in [0, 0.05) is 11.8 Å². The van der Waals surface area contributed by atoms with Crippen LogP contribution in [0.1, 0.15) is 13.8 Å². The van der Waals surface area contributed by atoms with Crippen molar-refractivity contribution in [2.24, 2.45) is 5.92 Å². The molecule has 6 nitrogen and oxygen atoms in total. The minimum absolute atomic E-state index is 0.0182. The van der Waals surface area contributed by atoms with Crippen LogP contribution in [0.4, 0.5) is 5.69 Å². The molecular weight excluding hydrogens is 260 g/mol. The Labute approximate surface area is 116 Å². The molecule has 1 aromatic carbocycles. The molecule has 1 atom stereocenters. The van der Waals surface area contributed by atoms with Crippen LogP contribution in [0.3, 0.4) is 0 Å². The highest BCUT2D eigenvalue weighted by Gasteiger charge is 2.37. The van der Waals surface area contributed by atoms with E-state index in [0.29, 0.717) is 17.2 Å². The molecule has 1 fully saturated rings. The fourth-order valence-electron chi connectivity index (χ4n) is 2.57. The third-order valence-corrected chi connectivity index (χ3v) is 3.50. The Balaban J connectivity index is 2.00. The van der Waals surface area contributed by atoms with Crippen LogP contribution >= 0.6 is 0 Å². The van der Waals surface area contributed by atoms with Crippen LogP contribution in [-0.4, -0.2) is 31.2 Å². The Bertz CT molecular complexity index is 570. The zero-order valence-corrected chi connectivity index (χ0v) is 11.4. The quantitative estimate of drug-likeness (QED) is 0.871. The van der Waals surface area contributed by atoms with Crippen LogP contribution in [0, 0.1) is 5.92 Å². The van der Waals surface area contributed by atoms with Gasteiger partial charge in [-0.15, -0.1) is 0 Å². The molecule has 1 unspecified atom stereocenters. The van der Waals surface area contributed by atoms with Gasteiger partial charge in [0.05, 0.1) is 6.54 Å². The Morgan fingerprint density at radius 3 is 2.75 bits per heavy atom. The van der Waals surface area contributed by atoms with Gasteiger partial charge >= 0.3 is 0 Å². The van der Waals surface area contributed by atoms with Crippen molar-refractivity contribution < 1.29 is 19.1 Å². The van der Waals surface area contributed by atoms with Crippen molar-refractivity contribution in [1.29, 1.82) is 0 Å². The minimum Gasteiger partial charge on any atom is -0.454 e.